The number of hydrogen-bond acceptors (Lipinski definition) is 3. The summed E-state index contributed by atoms with van der Waals surface area (Å²) in [7, 11) is -3.54. The lowest BCUT2D eigenvalue weighted by Crippen LogP contribution is -2.49. The molecule has 0 radical (unpaired) electrons. The molecule has 22 heavy (non-hydrogen) atoms. The van der Waals surface area contributed by atoms with Crippen LogP contribution in [0.1, 0.15) is 39.5 Å². The number of hydrogen-bond donors (Lipinski definition) is 1. The molecule has 1 rings (SSSR count). The molecule has 0 aliphatic rings. The zero-order valence-corrected chi connectivity index (χ0v) is 14.4. The lowest BCUT2D eigenvalue weighted by molar-refractivity contribution is -0.122. The third kappa shape index (κ3) is 5.33. The van der Waals surface area contributed by atoms with Gasteiger partial charge in [-0.3, -0.25) is 9.10 Å². The number of benzene rings is 1. The van der Waals surface area contributed by atoms with Crippen molar-refractivity contribution >= 4 is 21.6 Å². The molecule has 0 unspecified atom stereocenters. The molecule has 0 saturated heterocycles. The largest absolute Gasteiger partial charge is 0.354 e. The first kappa shape index (κ1) is 18.5. The Bertz CT molecular complexity index is 558. The number of para-hydroxylation sites is 1. The van der Waals surface area contributed by atoms with E-state index in [2.05, 4.69) is 12.2 Å². The Morgan fingerprint density at radius 1 is 1.18 bits per heavy atom. The van der Waals surface area contributed by atoms with Gasteiger partial charge in [0.25, 0.3) is 0 Å². The summed E-state index contributed by atoms with van der Waals surface area (Å²) in [6.07, 6.45) is 4.58. The van der Waals surface area contributed by atoms with Gasteiger partial charge < -0.3 is 5.32 Å². The van der Waals surface area contributed by atoms with Crippen LogP contribution in [0.25, 0.3) is 0 Å². The van der Waals surface area contributed by atoms with Crippen LogP contribution in [0.3, 0.4) is 0 Å². The Kier molecular flexibility index (Phi) is 7.38. The fourth-order valence-electron chi connectivity index (χ4n) is 2.34. The van der Waals surface area contributed by atoms with E-state index in [-0.39, 0.29) is 5.91 Å². The molecule has 0 spiro atoms. The van der Waals surface area contributed by atoms with Crippen LogP contribution in [0.4, 0.5) is 5.69 Å². The molecule has 1 aromatic rings. The van der Waals surface area contributed by atoms with E-state index in [9.17, 15) is 13.2 Å². The van der Waals surface area contributed by atoms with Gasteiger partial charge in [0.1, 0.15) is 6.04 Å². The second-order valence-corrected chi connectivity index (χ2v) is 7.18. The van der Waals surface area contributed by atoms with Crippen molar-refractivity contribution < 1.29 is 13.2 Å². The number of anilines is 1. The first-order chi connectivity index (χ1) is 10.4. The standard InChI is InChI=1S/C16H26N2O3S/c1-4-6-10-13-17-16(19)15(5-2)18(22(3,20)21)14-11-8-7-9-12-14/h7-9,11-12,15H,4-6,10,13H2,1-3H3,(H,17,19)/t15-/m1/s1. The van der Waals surface area contributed by atoms with E-state index in [0.717, 1.165) is 25.5 Å². The first-order valence-electron chi connectivity index (χ1n) is 7.74. The van der Waals surface area contributed by atoms with Gasteiger partial charge in [-0.1, -0.05) is 44.9 Å². The van der Waals surface area contributed by atoms with E-state index < -0.39 is 16.1 Å². The van der Waals surface area contributed by atoms with Crippen LogP contribution in [-0.2, 0) is 14.8 Å². The molecular formula is C16H26N2O3S. The summed E-state index contributed by atoms with van der Waals surface area (Å²) in [6.45, 7) is 4.49. The predicted molar refractivity (Wildman–Crippen MR) is 90.4 cm³/mol. The van der Waals surface area contributed by atoms with Gasteiger partial charge in [0, 0.05) is 6.54 Å². The SMILES string of the molecule is CCCCCNC(=O)[C@@H](CC)N(c1ccccc1)S(C)(=O)=O. The normalized spacial score (nSPS) is 12.7. The zero-order chi connectivity index (χ0) is 16.6. The van der Waals surface area contributed by atoms with Crippen molar-refractivity contribution in [3.63, 3.8) is 0 Å². The molecule has 0 aliphatic carbocycles. The van der Waals surface area contributed by atoms with Gasteiger partial charge in [0.15, 0.2) is 0 Å². The monoisotopic (exact) mass is 326 g/mol. The Balaban J connectivity index is 2.93. The van der Waals surface area contributed by atoms with E-state index >= 15 is 0 Å². The van der Waals surface area contributed by atoms with Crippen LogP contribution >= 0.6 is 0 Å². The van der Waals surface area contributed by atoms with E-state index in [1.165, 1.54) is 4.31 Å². The number of carbonyl (C=O) groups excluding carboxylic acids is 1. The summed E-state index contributed by atoms with van der Waals surface area (Å²) in [5, 5.41) is 2.85. The molecule has 0 fully saturated rings. The summed E-state index contributed by atoms with van der Waals surface area (Å²) in [4.78, 5) is 12.4. The lowest BCUT2D eigenvalue weighted by atomic mass is 10.2. The number of unbranched alkanes of at least 4 members (excludes halogenated alkanes) is 2. The molecule has 0 bridgehead atoms. The molecule has 1 N–H and O–H groups in total. The van der Waals surface area contributed by atoms with E-state index in [1.807, 2.05) is 13.0 Å². The third-order valence-electron chi connectivity index (χ3n) is 3.42. The maximum atomic E-state index is 12.4. The Labute approximate surface area is 133 Å². The lowest BCUT2D eigenvalue weighted by Gasteiger charge is -2.30. The second-order valence-electron chi connectivity index (χ2n) is 5.32. The maximum absolute atomic E-state index is 12.4. The summed E-state index contributed by atoms with van der Waals surface area (Å²) < 4.78 is 25.5. The van der Waals surface area contributed by atoms with Crippen molar-refractivity contribution in [2.75, 3.05) is 17.1 Å². The van der Waals surface area contributed by atoms with Crippen LogP contribution in [0.2, 0.25) is 0 Å². The number of rotatable bonds is 9. The fraction of sp³-hybridized carbons (Fsp3) is 0.562. The van der Waals surface area contributed by atoms with Gasteiger partial charge in [0.2, 0.25) is 15.9 Å². The minimum absolute atomic E-state index is 0.243. The highest BCUT2D eigenvalue weighted by atomic mass is 32.2. The molecule has 0 aliphatic heterocycles. The molecule has 1 amide bonds. The van der Waals surface area contributed by atoms with E-state index in [1.54, 1.807) is 24.3 Å². The summed E-state index contributed by atoms with van der Waals surface area (Å²) >= 11 is 0. The van der Waals surface area contributed by atoms with Crippen molar-refractivity contribution in [2.24, 2.45) is 0 Å². The van der Waals surface area contributed by atoms with Crippen LogP contribution in [0.5, 0.6) is 0 Å². The van der Waals surface area contributed by atoms with Gasteiger partial charge in [-0.15, -0.1) is 0 Å². The van der Waals surface area contributed by atoms with Crippen molar-refractivity contribution in [1.29, 1.82) is 0 Å². The minimum atomic E-state index is -3.54. The van der Waals surface area contributed by atoms with Crippen LogP contribution in [-0.4, -0.2) is 33.2 Å². The number of carbonyl (C=O) groups is 1. The topological polar surface area (TPSA) is 66.5 Å². The highest BCUT2D eigenvalue weighted by Gasteiger charge is 2.30. The third-order valence-corrected chi connectivity index (χ3v) is 4.60. The number of nitrogens with one attached hydrogen (secondary N) is 1. The average Bonchev–Trinajstić information content (AvgIpc) is 2.48. The fourth-order valence-corrected chi connectivity index (χ4v) is 3.55. The van der Waals surface area contributed by atoms with E-state index in [0.29, 0.717) is 18.7 Å². The van der Waals surface area contributed by atoms with Crippen molar-refractivity contribution in [2.45, 2.75) is 45.6 Å². The Morgan fingerprint density at radius 3 is 2.32 bits per heavy atom. The molecule has 1 aromatic carbocycles. The van der Waals surface area contributed by atoms with Gasteiger partial charge in [-0.2, -0.15) is 0 Å². The Hall–Kier alpha value is -1.56. The zero-order valence-electron chi connectivity index (χ0n) is 13.6. The minimum Gasteiger partial charge on any atom is -0.354 e. The quantitative estimate of drug-likeness (QED) is 0.709. The first-order valence-corrected chi connectivity index (χ1v) is 9.58. The van der Waals surface area contributed by atoms with Gasteiger partial charge >= 0.3 is 0 Å². The van der Waals surface area contributed by atoms with Crippen LogP contribution < -0.4 is 9.62 Å². The highest BCUT2D eigenvalue weighted by Crippen LogP contribution is 2.21. The van der Waals surface area contributed by atoms with E-state index in [4.69, 9.17) is 0 Å². The average molecular weight is 326 g/mol. The Morgan fingerprint density at radius 2 is 1.82 bits per heavy atom. The highest BCUT2D eigenvalue weighted by molar-refractivity contribution is 7.92. The summed E-state index contributed by atoms with van der Waals surface area (Å²) in [5.41, 5.74) is 0.514. The molecule has 0 saturated carbocycles. The smallest absolute Gasteiger partial charge is 0.243 e. The molecule has 1 atom stereocenters. The molecule has 0 heterocycles. The summed E-state index contributed by atoms with van der Waals surface area (Å²) in [5.74, 6) is -0.243. The second kappa shape index (κ2) is 8.78. The van der Waals surface area contributed by atoms with Crippen molar-refractivity contribution in [3.05, 3.63) is 30.3 Å². The maximum Gasteiger partial charge on any atom is 0.243 e. The predicted octanol–water partition coefficient (Wildman–Crippen LogP) is 2.54. The van der Waals surface area contributed by atoms with Crippen LogP contribution in [0.15, 0.2) is 30.3 Å². The van der Waals surface area contributed by atoms with Crippen LogP contribution in [0, 0.1) is 0 Å². The van der Waals surface area contributed by atoms with Crippen molar-refractivity contribution in [1.82, 2.24) is 5.32 Å². The summed E-state index contributed by atoms with van der Waals surface area (Å²) in [6, 6.07) is 8.02. The van der Waals surface area contributed by atoms with Gasteiger partial charge in [-0.25, -0.2) is 8.42 Å². The molecular weight excluding hydrogens is 300 g/mol. The van der Waals surface area contributed by atoms with Crippen molar-refractivity contribution in [3.8, 4) is 0 Å². The van der Waals surface area contributed by atoms with Gasteiger partial charge in [0.05, 0.1) is 11.9 Å². The number of nitrogens with zero attached hydrogens (tertiary/aromatic N) is 1. The molecule has 124 valence electrons. The van der Waals surface area contributed by atoms with Gasteiger partial charge in [-0.05, 0) is 25.0 Å². The molecule has 5 nitrogen and oxygen atoms in total. The number of sulfonamides is 1. The number of amides is 1. The molecule has 6 heteroatoms. The molecule has 0 aromatic heterocycles.